The minimum absolute atomic E-state index is 0.0377. The number of nitrogens with zero attached hydrogens (tertiary/aromatic N) is 31. The fourth-order valence-corrected chi connectivity index (χ4v) is 22.5. The Hall–Kier alpha value is -13.7. The van der Waals surface area contributed by atoms with Gasteiger partial charge in [0.2, 0.25) is 89.2 Å². The van der Waals surface area contributed by atoms with Gasteiger partial charge in [-0.25, -0.2) is 0 Å². The number of morpholine rings is 4. The number of rotatable bonds is 22. The van der Waals surface area contributed by atoms with E-state index in [0.29, 0.717) is 196 Å². The van der Waals surface area contributed by atoms with Crippen LogP contribution in [0, 0.1) is 11.8 Å². The lowest BCUT2D eigenvalue weighted by atomic mass is 9.83. The molecule has 792 valence electrons. The Morgan fingerprint density at radius 2 is 0.638 bits per heavy atom. The van der Waals surface area contributed by atoms with E-state index in [4.69, 9.17) is 73.5 Å². The molecule has 1 aliphatic carbocycles. The van der Waals surface area contributed by atoms with Crippen LogP contribution in [0.1, 0.15) is 151 Å². The molecule has 5 atom stereocenters. The van der Waals surface area contributed by atoms with Gasteiger partial charge in [-0.1, -0.05) is 42.0 Å². The lowest BCUT2D eigenvalue weighted by Crippen LogP contribution is -2.48. The van der Waals surface area contributed by atoms with Crippen LogP contribution in [0.15, 0.2) is 127 Å². The van der Waals surface area contributed by atoms with Crippen LogP contribution in [0.2, 0.25) is 0 Å². The standard InChI is InChI=1S/C26H35N7O.C22H29N7O3.C20H27N7O3.C18H25N7O2.C18H25N7O/c34-23-10-6-9-22-21-15-20(17-33(22)23)16-32(18-21)26-29-24(27-12-11-19-7-2-1-3-8-19)28-25(30-26)31-13-4-5-14-31;30-19-3-1-2-18-17-12-16(14-29(18)19)13-28(15-17)22-24-20(26-4-8-31-9-5-26)23-21(25-22)27-6-10-32-11-7-27;28-17-5-1-3-15-14-26(6-7-27(15)17)20-23-18(21-13-16-4-2-10-30-16)22-19(24-20)25-8-11-29-12-9-25;1-13(2)19-16-20-17(23-8-10-27-11-9-23)22-18(21-16)24-6-7-25-14(12-24)4-3-5-15(25)26;1-13(2)19-16-20-17(23-8-3-4-9-23)22-18(21-16)24-10-11-25-14(12-24)6-5-7-15(25)26/h6-7,9-10,20-21H,1-5,8,11-18H2,(H,27,28,29,30);1-3,16-17H,4-15H2;1,3,5,16H,2,4,6-14H2,(H,21,22,23,24);3-5,13H,6-12H2,1-2H3,(H,19,20,21,22);5-7,13H,3-4,8-12H2,1-2H3,(H,19,20,21,22). The van der Waals surface area contributed by atoms with Crippen LogP contribution in [0.3, 0.4) is 0 Å². The normalized spacial score (nSPS) is 21.4. The third-order valence-electron chi connectivity index (χ3n) is 30.1. The summed E-state index contributed by atoms with van der Waals surface area (Å²) in [4.78, 5) is 156. The topological polar surface area (TPSA) is 433 Å². The van der Waals surface area contributed by atoms with Crippen molar-refractivity contribution in [2.75, 3.05) is 272 Å². The summed E-state index contributed by atoms with van der Waals surface area (Å²) in [5, 5.41) is 13.4. The van der Waals surface area contributed by atoms with Gasteiger partial charge in [0.15, 0.2) is 0 Å². The molecule has 9 saturated heterocycles. The quantitative estimate of drug-likeness (QED) is 0.0522. The van der Waals surface area contributed by atoms with Crippen molar-refractivity contribution in [3.63, 3.8) is 0 Å². The zero-order valence-electron chi connectivity index (χ0n) is 86.3. The van der Waals surface area contributed by atoms with E-state index in [1.807, 2.05) is 59.2 Å². The highest BCUT2D eigenvalue weighted by atomic mass is 16.5. The molecule has 24 heterocycles. The van der Waals surface area contributed by atoms with Crippen LogP contribution in [-0.2, 0) is 76.0 Å². The Balaban J connectivity index is 0.000000109. The zero-order chi connectivity index (χ0) is 102. The molecular weight excluding hydrogens is 1900 g/mol. The van der Waals surface area contributed by atoms with Crippen molar-refractivity contribution in [1.29, 1.82) is 0 Å². The molecule has 45 nitrogen and oxygen atoms in total. The van der Waals surface area contributed by atoms with Crippen molar-refractivity contribution < 1.29 is 23.7 Å². The Bertz CT molecular complexity index is 6560. The Morgan fingerprint density at radius 1 is 0.309 bits per heavy atom. The fourth-order valence-electron chi connectivity index (χ4n) is 22.5. The van der Waals surface area contributed by atoms with Gasteiger partial charge in [0.25, 0.3) is 27.8 Å². The molecule has 4 N–H and O–H groups in total. The molecule has 45 heteroatoms. The maximum Gasteiger partial charge on any atom is 0.250 e. The van der Waals surface area contributed by atoms with E-state index < -0.39 is 0 Å². The molecule has 14 aliphatic heterocycles. The molecule has 0 radical (unpaired) electrons. The van der Waals surface area contributed by atoms with E-state index in [-0.39, 0.29) is 46.0 Å². The number of ether oxygens (including phenoxy) is 5. The smallest absolute Gasteiger partial charge is 0.250 e. The highest BCUT2D eigenvalue weighted by Crippen LogP contribution is 2.40. The summed E-state index contributed by atoms with van der Waals surface area (Å²) in [6, 6.07) is 28.0. The van der Waals surface area contributed by atoms with Crippen molar-refractivity contribution in [3.8, 4) is 0 Å². The first-order chi connectivity index (χ1) is 72.9. The number of piperidine rings is 2. The monoisotopic (exact) mass is 2040 g/mol. The SMILES string of the molecule is CC(C)Nc1nc(N2CCCC2)nc(N2CCn3c(cccc3=O)C2)n1.CC(C)Nc1nc(N2CCOCC2)nc(N2CCn3c(cccc3=O)C2)n1.O=c1cccc2n1CC1CC2CN(c2nc(N3CCOCC3)nc(N3CCOCC3)n2)C1.O=c1cccc2n1CC1CC2CN(c2nc(NCCC3=CCCCC3)nc(N3CCCC3)n2)C1.O=c1cccc2n1CCN(c1nc(NCC3CCCO3)nc(N3CCOCC3)n1)C2. The number of fused-ring (bicyclic) bond motifs is 11. The summed E-state index contributed by atoms with van der Waals surface area (Å²) in [7, 11) is 0. The Labute approximate surface area is 866 Å². The minimum atomic E-state index is 0.0377. The summed E-state index contributed by atoms with van der Waals surface area (Å²) >= 11 is 0. The van der Waals surface area contributed by atoms with Crippen molar-refractivity contribution in [3.05, 3.63) is 183 Å². The predicted octanol–water partition coefficient (Wildman–Crippen LogP) is 6.56. The Kier molecular flexibility index (Phi) is 32.2. The molecule has 25 rings (SSSR count). The van der Waals surface area contributed by atoms with E-state index in [1.54, 1.807) is 48.0 Å². The second-order valence-corrected chi connectivity index (χ2v) is 41.4. The van der Waals surface area contributed by atoms with E-state index in [9.17, 15) is 24.0 Å². The van der Waals surface area contributed by atoms with Crippen molar-refractivity contribution >= 4 is 89.2 Å². The van der Waals surface area contributed by atoms with E-state index >= 15 is 0 Å². The second kappa shape index (κ2) is 47.5. The number of anilines is 15. The van der Waals surface area contributed by atoms with Gasteiger partial charge in [0.05, 0.1) is 78.6 Å². The molecule has 15 aliphatic rings. The summed E-state index contributed by atoms with van der Waals surface area (Å²) < 4.78 is 37.1. The highest BCUT2D eigenvalue weighted by molar-refractivity contribution is 5.54. The first-order valence-electron chi connectivity index (χ1n) is 54.1. The molecule has 0 aromatic carbocycles. The maximum absolute atomic E-state index is 12.4. The molecule has 0 amide bonds. The van der Waals surface area contributed by atoms with Gasteiger partial charge in [-0.2, -0.15) is 74.8 Å². The van der Waals surface area contributed by atoms with Crippen LogP contribution in [-0.4, -0.2) is 313 Å². The second-order valence-electron chi connectivity index (χ2n) is 41.4. The minimum Gasteiger partial charge on any atom is -0.378 e. The van der Waals surface area contributed by atoms with Gasteiger partial charge in [0.1, 0.15) is 0 Å². The van der Waals surface area contributed by atoms with Crippen LogP contribution in [0.4, 0.5) is 89.2 Å². The molecule has 10 aromatic heterocycles. The summed E-state index contributed by atoms with van der Waals surface area (Å²) in [6.45, 7) is 37.0. The third-order valence-corrected chi connectivity index (χ3v) is 30.1. The first kappa shape index (κ1) is 101. The summed E-state index contributed by atoms with van der Waals surface area (Å²) in [5.41, 5.74) is 7.14. The predicted molar refractivity (Wildman–Crippen MR) is 572 cm³/mol. The van der Waals surface area contributed by atoms with E-state index in [2.05, 4.69) is 146 Å². The zero-order valence-corrected chi connectivity index (χ0v) is 86.3. The van der Waals surface area contributed by atoms with Gasteiger partial charge in [0, 0.05) is 259 Å². The number of hydrogen-bond acceptors (Lipinski definition) is 40. The molecule has 5 unspecified atom stereocenters. The third kappa shape index (κ3) is 24.9. The molecule has 9 fully saturated rings. The van der Waals surface area contributed by atoms with Crippen molar-refractivity contribution in [1.82, 2.24) is 97.6 Å². The van der Waals surface area contributed by atoms with Gasteiger partial charge < -0.3 is 122 Å². The molecule has 0 spiro atoms. The lowest BCUT2D eigenvalue weighted by molar-refractivity contribution is 0.120. The Morgan fingerprint density at radius 3 is 0.993 bits per heavy atom. The first-order valence-corrected chi connectivity index (χ1v) is 54.1. The largest absolute Gasteiger partial charge is 0.378 e. The van der Waals surface area contributed by atoms with Gasteiger partial charge in [-0.05, 0) is 153 Å². The van der Waals surface area contributed by atoms with Crippen molar-refractivity contribution in [2.24, 2.45) is 11.8 Å². The van der Waals surface area contributed by atoms with Crippen molar-refractivity contribution in [2.45, 2.75) is 194 Å². The molecular formula is C104H141N35O10. The molecule has 10 aromatic rings. The van der Waals surface area contributed by atoms with Crippen LogP contribution in [0.5, 0.6) is 0 Å². The summed E-state index contributed by atoms with van der Waals surface area (Å²) in [5.74, 6) is 11.7. The van der Waals surface area contributed by atoms with E-state index in [0.717, 1.165) is 227 Å². The van der Waals surface area contributed by atoms with Crippen LogP contribution < -0.4 is 103 Å². The number of nitrogens with one attached hydrogen (secondary N) is 4. The van der Waals surface area contributed by atoms with Gasteiger partial charge >= 0.3 is 0 Å². The summed E-state index contributed by atoms with van der Waals surface area (Å²) in [6.07, 6.45) is 17.9. The fraction of sp³-hybridized carbons (Fsp3) is 0.596. The lowest BCUT2D eigenvalue weighted by Gasteiger charge is -2.43. The molecule has 0 saturated carbocycles. The van der Waals surface area contributed by atoms with Gasteiger partial charge in [-0.3, -0.25) is 24.0 Å². The molecule has 149 heavy (non-hydrogen) atoms. The highest BCUT2D eigenvalue weighted by Gasteiger charge is 2.40. The number of pyridine rings is 5. The van der Waals surface area contributed by atoms with Gasteiger partial charge in [-0.15, -0.1) is 0 Å². The molecule has 4 bridgehead atoms. The number of hydrogen-bond donors (Lipinski definition) is 4. The number of aromatic nitrogens is 20. The maximum atomic E-state index is 12.4. The van der Waals surface area contributed by atoms with Crippen LogP contribution >= 0.6 is 0 Å². The van der Waals surface area contributed by atoms with E-state index in [1.165, 1.54) is 51.4 Å². The average molecular weight is 2040 g/mol. The van der Waals surface area contributed by atoms with Crippen LogP contribution in [0.25, 0.3) is 0 Å². The number of allylic oxidation sites excluding steroid dienone is 1. The average Bonchev–Trinajstić information content (AvgIpc) is 0.843.